The average molecular weight is 480 g/mol. The summed E-state index contributed by atoms with van der Waals surface area (Å²) in [5, 5.41) is 13.5. The maximum atomic E-state index is 11.8. The molecule has 0 spiro atoms. The van der Waals surface area contributed by atoms with Crippen molar-refractivity contribution in [2.45, 2.75) is 12.5 Å². The number of benzene rings is 1. The molecule has 1 aromatic rings. The number of rotatable bonds is 11. The van der Waals surface area contributed by atoms with E-state index >= 15 is 0 Å². The van der Waals surface area contributed by atoms with E-state index in [1.165, 1.54) is 0 Å². The van der Waals surface area contributed by atoms with Crippen molar-refractivity contribution in [3.05, 3.63) is 24.3 Å². The molecular weight excluding hydrogens is 463 g/mol. The summed E-state index contributed by atoms with van der Waals surface area (Å²) in [6.45, 7) is 0. The van der Waals surface area contributed by atoms with Crippen LogP contribution in [0.5, 0.6) is 0 Å². The Kier molecular flexibility index (Phi) is 9.64. The van der Waals surface area contributed by atoms with E-state index < -0.39 is 49.5 Å². The number of carbonyl (C=O) groups excluding carboxylic acids is 2. The van der Waals surface area contributed by atoms with Crippen molar-refractivity contribution in [1.82, 2.24) is 5.32 Å². The van der Waals surface area contributed by atoms with Crippen LogP contribution in [-0.4, -0.2) is 74.9 Å². The van der Waals surface area contributed by atoms with Crippen LogP contribution >= 0.6 is 11.8 Å². The van der Waals surface area contributed by atoms with Crippen molar-refractivity contribution >= 4 is 65.4 Å². The molecule has 0 radical (unpaired) electrons. The van der Waals surface area contributed by atoms with Crippen LogP contribution in [-0.2, 0) is 28.2 Å². The van der Waals surface area contributed by atoms with Crippen LogP contribution < -0.4 is 15.0 Å². The SMILES string of the molecule is O=[As]c1ccc(NC(=O)CSCCC(=O)N[C@@H](CS(=O)(=O)O)C(=O)O)cc1. The van der Waals surface area contributed by atoms with Gasteiger partial charge in [0.15, 0.2) is 0 Å². The summed E-state index contributed by atoms with van der Waals surface area (Å²) in [7, 11) is -4.55. The second-order valence-corrected chi connectivity index (χ2v) is 9.26. The third-order valence-electron chi connectivity index (χ3n) is 2.97. The summed E-state index contributed by atoms with van der Waals surface area (Å²) >= 11 is 0.0143. The monoisotopic (exact) mass is 480 g/mol. The van der Waals surface area contributed by atoms with E-state index in [-0.39, 0.29) is 23.8 Å². The molecule has 1 atom stereocenters. The van der Waals surface area contributed by atoms with Crippen LogP contribution in [0.2, 0.25) is 0 Å². The van der Waals surface area contributed by atoms with Crippen LogP contribution in [0.3, 0.4) is 0 Å². The molecule has 0 aliphatic rings. The predicted octanol–water partition coefficient (Wildman–Crippen LogP) is -1.12. The van der Waals surface area contributed by atoms with Gasteiger partial charge in [0.1, 0.15) is 11.8 Å². The summed E-state index contributed by atoms with van der Waals surface area (Å²) in [5.41, 5.74) is 0.547. The molecule has 13 heteroatoms. The van der Waals surface area contributed by atoms with Gasteiger partial charge in [-0.15, -0.1) is 0 Å². The van der Waals surface area contributed by atoms with E-state index in [0.29, 0.717) is 10.0 Å². The quantitative estimate of drug-likeness (QED) is 0.174. The van der Waals surface area contributed by atoms with Crippen molar-refractivity contribution in [1.29, 1.82) is 0 Å². The number of thioether (sulfide) groups is 1. The Labute approximate surface area is 166 Å². The van der Waals surface area contributed by atoms with Gasteiger partial charge in [0.2, 0.25) is 0 Å². The number of anilines is 1. The van der Waals surface area contributed by atoms with Gasteiger partial charge in [0.25, 0.3) is 10.1 Å². The first-order valence-corrected chi connectivity index (χ1v) is 11.9. The zero-order chi connectivity index (χ0) is 20.4. The zero-order valence-corrected chi connectivity index (χ0v) is 17.3. The number of carboxylic acid groups (broad SMARTS) is 1. The number of hydrogen-bond donors (Lipinski definition) is 4. The van der Waals surface area contributed by atoms with Crippen LogP contribution in [0.4, 0.5) is 5.69 Å². The Morgan fingerprint density at radius 1 is 1.15 bits per heavy atom. The van der Waals surface area contributed by atoms with Crippen molar-refractivity contribution < 1.29 is 36.2 Å². The number of carboxylic acids is 1. The maximum absolute atomic E-state index is 11.8. The second-order valence-electron chi connectivity index (χ2n) is 5.20. The molecule has 0 aromatic heterocycles. The van der Waals surface area contributed by atoms with Gasteiger partial charge >= 0.3 is 121 Å². The molecule has 1 rings (SSSR count). The Balaban J connectivity index is 2.32. The van der Waals surface area contributed by atoms with Gasteiger partial charge in [-0.05, 0) is 0 Å². The van der Waals surface area contributed by atoms with Gasteiger partial charge in [-0.1, -0.05) is 0 Å². The first-order chi connectivity index (χ1) is 12.6. The molecule has 0 heterocycles. The van der Waals surface area contributed by atoms with Crippen LogP contribution in [0, 0.1) is 0 Å². The zero-order valence-electron chi connectivity index (χ0n) is 13.8. The molecule has 148 valence electrons. The van der Waals surface area contributed by atoms with E-state index in [2.05, 4.69) is 5.32 Å². The molecule has 0 saturated carbocycles. The molecule has 27 heavy (non-hydrogen) atoms. The van der Waals surface area contributed by atoms with Gasteiger partial charge in [-0.25, -0.2) is 4.79 Å². The fourth-order valence-corrected chi connectivity index (χ4v) is 3.73. The minimum absolute atomic E-state index is 0.0515. The van der Waals surface area contributed by atoms with E-state index in [1.807, 2.05) is 5.32 Å². The van der Waals surface area contributed by atoms with Gasteiger partial charge in [-0.2, -0.15) is 8.42 Å². The van der Waals surface area contributed by atoms with E-state index in [1.54, 1.807) is 24.3 Å². The fraction of sp³-hybridized carbons (Fsp3) is 0.357. The van der Waals surface area contributed by atoms with Crippen LogP contribution in [0.1, 0.15) is 6.42 Å². The predicted molar refractivity (Wildman–Crippen MR) is 99.1 cm³/mol. The van der Waals surface area contributed by atoms with Crippen molar-refractivity contribution in [2.24, 2.45) is 0 Å². The summed E-state index contributed by atoms with van der Waals surface area (Å²) in [5.74, 6) is -3.48. The van der Waals surface area contributed by atoms with Crippen molar-refractivity contribution in [2.75, 3.05) is 22.6 Å². The fourth-order valence-electron chi connectivity index (χ4n) is 1.78. The van der Waals surface area contributed by atoms with Crippen LogP contribution in [0.15, 0.2) is 24.3 Å². The first-order valence-electron chi connectivity index (χ1n) is 7.39. The van der Waals surface area contributed by atoms with Gasteiger partial charge in [0.05, 0.1) is 0 Å². The van der Waals surface area contributed by atoms with Gasteiger partial charge in [-0.3, -0.25) is 4.55 Å². The first kappa shape index (κ1) is 23.3. The summed E-state index contributed by atoms with van der Waals surface area (Å²) in [4.78, 5) is 34.3. The molecule has 0 aliphatic heterocycles. The van der Waals surface area contributed by atoms with E-state index in [4.69, 9.17) is 9.66 Å². The Hall–Kier alpha value is -1.75. The number of hydrogen-bond acceptors (Lipinski definition) is 7. The number of carbonyl (C=O) groups is 3. The third kappa shape index (κ3) is 10.2. The average Bonchev–Trinajstić information content (AvgIpc) is 2.57. The molecule has 0 unspecified atom stereocenters. The summed E-state index contributed by atoms with van der Waals surface area (Å²) < 4.78 is 41.6. The number of amides is 2. The normalized spacial score (nSPS) is 12.3. The summed E-state index contributed by atoms with van der Waals surface area (Å²) in [6, 6.07) is 4.79. The summed E-state index contributed by atoms with van der Waals surface area (Å²) in [6.07, 6.45) is -0.130. The van der Waals surface area contributed by atoms with Gasteiger partial charge in [0, 0.05) is 0 Å². The Morgan fingerprint density at radius 3 is 2.30 bits per heavy atom. The van der Waals surface area contributed by atoms with E-state index in [9.17, 15) is 26.5 Å². The third-order valence-corrected chi connectivity index (χ3v) is 5.76. The second kappa shape index (κ2) is 11.2. The number of nitrogens with one attached hydrogen (secondary N) is 2. The molecule has 0 bridgehead atoms. The van der Waals surface area contributed by atoms with Crippen molar-refractivity contribution in [3.8, 4) is 0 Å². The Bertz CT molecular complexity index is 798. The van der Waals surface area contributed by atoms with Crippen LogP contribution in [0.25, 0.3) is 0 Å². The topological polar surface area (TPSA) is 167 Å². The molecule has 2 amide bonds. The van der Waals surface area contributed by atoms with Gasteiger partial charge < -0.3 is 5.11 Å². The van der Waals surface area contributed by atoms with E-state index in [0.717, 1.165) is 11.8 Å². The molecule has 0 fully saturated rings. The number of aliphatic carboxylic acids is 1. The molecule has 0 saturated heterocycles. The standard InChI is InChI=1S/C14H17AsN2O8S2/c18-12(17-11(14(20)21)8-27(23,24)25)5-6-26-7-13(19)16-10-3-1-9(15-22)2-4-10/h1-4,11H,5-8H2,(H,16,19)(H,17,18)(H,20,21)(H,23,24,25)/t11-/m0/s1. The molecule has 1 aromatic carbocycles. The molecule has 4 N–H and O–H groups in total. The minimum atomic E-state index is -4.55. The molecule has 10 nitrogen and oxygen atoms in total. The van der Waals surface area contributed by atoms with Crippen molar-refractivity contribution in [3.63, 3.8) is 0 Å². The Morgan fingerprint density at radius 2 is 1.78 bits per heavy atom. The molecule has 0 aliphatic carbocycles. The molecular formula is C14H17AsN2O8S2.